The van der Waals surface area contributed by atoms with Crippen LogP contribution in [0.2, 0.25) is 0 Å². The van der Waals surface area contributed by atoms with Gasteiger partial charge in [-0.3, -0.25) is 14.4 Å². The molecule has 0 aliphatic heterocycles. The van der Waals surface area contributed by atoms with Gasteiger partial charge < -0.3 is 14.2 Å². The first-order valence-corrected chi connectivity index (χ1v) is 28.9. The Morgan fingerprint density at radius 1 is 0.309 bits per heavy atom. The lowest BCUT2D eigenvalue weighted by Crippen LogP contribution is -2.30. The zero-order valence-electron chi connectivity index (χ0n) is 44.9. The smallest absolute Gasteiger partial charge is 0.306 e. The van der Waals surface area contributed by atoms with E-state index in [1.165, 1.54) is 135 Å². The van der Waals surface area contributed by atoms with E-state index in [4.69, 9.17) is 14.2 Å². The lowest BCUT2D eigenvalue weighted by Gasteiger charge is -2.18. The second-order valence-corrected chi connectivity index (χ2v) is 19.2. The fourth-order valence-electron chi connectivity index (χ4n) is 8.15. The SMILES string of the molecule is CC/C=C\C/C=C\C/C=C\C/C=C\C/C=C\C/C=C\CCCCCCC(=O)OCC(COC(=O)CCCCCCCCCC)OC(=O)CCCCCCCCCCCCCCCCCCCCC. The van der Waals surface area contributed by atoms with Crippen molar-refractivity contribution in [1.29, 1.82) is 0 Å². The molecule has 68 heavy (non-hydrogen) atoms. The van der Waals surface area contributed by atoms with Crippen LogP contribution in [0.4, 0.5) is 0 Å². The van der Waals surface area contributed by atoms with E-state index in [-0.39, 0.29) is 31.1 Å². The standard InChI is InChI=1S/C62H108O6/c1-4-7-10-13-16-19-21-23-25-27-29-30-31-32-34-35-37-39-41-43-46-49-52-55-61(64)67-58-59(57-66-60(63)54-51-48-45-18-15-12-9-6-3)68-62(65)56-53-50-47-44-42-40-38-36-33-28-26-24-22-20-17-14-11-8-5-2/h7,10,16,19,23,25,29-30,32,34,37,39,59H,4-6,8-9,11-15,17-18,20-22,24,26-28,31,33,35-36,38,40-58H2,1-3H3/b10-7-,19-16-,25-23-,30-29-,34-32-,39-37-. The van der Waals surface area contributed by atoms with E-state index in [1.54, 1.807) is 0 Å². The Kier molecular flexibility index (Phi) is 53.8. The summed E-state index contributed by atoms with van der Waals surface area (Å²) in [4.78, 5) is 38.0. The number of hydrogen-bond acceptors (Lipinski definition) is 6. The highest BCUT2D eigenvalue weighted by Gasteiger charge is 2.19. The molecule has 0 N–H and O–H groups in total. The molecule has 0 aliphatic rings. The van der Waals surface area contributed by atoms with Crippen molar-refractivity contribution in [1.82, 2.24) is 0 Å². The highest BCUT2D eigenvalue weighted by molar-refractivity contribution is 5.71. The lowest BCUT2D eigenvalue weighted by atomic mass is 10.0. The second-order valence-electron chi connectivity index (χ2n) is 19.2. The summed E-state index contributed by atoms with van der Waals surface area (Å²) in [5.74, 6) is -0.901. The van der Waals surface area contributed by atoms with Gasteiger partial charge in [-0.1, -0.05) is 267 Å². The van der Waals surface area contributed by atoms with Gasteiger partial charge in [0.1, 0.15) is 13.2 Å². The van der Waals surface area contributed by atoms with Gasteiger partial charge in [0.2, 0.25) is 0 Å². The van der Waals surface area contributed by atoms with E-state index >= 15 is 0 Å². The topological polar surface area (TPSA) is 78.9 Å². The van der Waals surface area contributed by atoms with Crippen molar-refractivity contribution in [3.8, 4) is 0 Å². The molecule has 0 aliphatic carbocycles. The zero-order valence-corrected chi connectivity index (χ0v) is 44.9. The summed E-state index contributed by atoms with van der Waals surface area (Å²) in [6.07, 6.45) is 71.9. The lowest BCUT2D eigenvalue weighted by molar-refractivity contribution is -0.167. The van der Waals surface area contributed by atoms with Crippen molar-refractivity contribution < 1.29 is 28.6 Å². The summed E-state index contributed by atoms with van der Waals surface area (Å²) in [5.41, 5.74) is 0. The fraction of sp³-hybridized carbons (Fsp3) is 0.758. The third kappa shape index (κ3) is 53.8. The molecule has 0 amide bonds. The van der Waals surface area contributed by atoms with Gasteiger partial charge >= 0.3 is 17.9 Å². The average molecular weight is 950 g/mol. The molecule has 1 unspecified atom stereocenters. The van der Waals surface area contributed by atoms with Crippen molar-refractivity contribution >= 4 is 17.9 Å². The molecule has 0 radical (unpaired) electrons. The fourth-order valence-corrected chi connectivity index (χ4v) is 8.15. The van der Waals surface area contributed by atoms with Gasteiger partial charge in [-0.25, -0.2) is 0 Å². The van der Waals surface area contributed by atoms with Crippen molar-refractivity contribution in [2.45, 2.75) is 290 Å². The van der Waals surface area contributed by atoms with Crippen molar-refractivity contribution in [2.24, 2.45) is 0 Å². The minimum Gasteiger partial charge on any atom is -0.462 e. The van der Waals surface area contributed by atoms with Crippen LogP contribution in [0.25, 0.3) is 0 Å². The van der Waals surface area contributed by atoms with E-state index in [1.807, 2.05) is 0 Å². The van der Waals surface area contributed by atoms with Crippen LogP contribution >= 0.6 is 0 Å². The van der Waals surface area contributed by atoms with Gasteiger partial charge in [0.25, 0.3) is 0 Å². The summed E-state index contributed by atoms with van der Waals surface area (Å²) in [5, 5.41) is 0. The normalized spacial score (nSPS) is 12.6. The maximum atomic E-state index is 12.8. The van der Waals surface area contributed by atoms with E-state index in [2.05, 4.69) is 93.7 Å². The molecule has 0 aromatic rings. The molecule has 0 bridgehead atoms. The molecule has 0 spiro atoms. The molecule has 0 heterocycles. The van der Waals surface area contributed by atoms with Crippen LogP contribution in [-0.2, 0) is 28.6 Å². The Morgan fingerprint density at radius 2 is 0.574 bits per heavy atom. The van der Waals surface area contributed by atoms with Crippen molar-refractivity contribution in [2.75, 3.05) is 13.2 Å². The number of esters is 3. The molecule has 0 saturated carbocycles. The summed E-state index contributed by atoms with van der Waals surface area (Å²) in [6, 6.07) is 0. The first kappa shape index (κ1) is 64.8. The number of allylic oxidation sites excluding steroid dienone is 12. The highest BCUT2D eigenvalue weighted by atomic mass is 16.6. The maximum Gasteiger partial charge on any atom is 0.306 e. The predicted molar refractivity (Wildman–Crippen MR) is 293 cm³/mol. The molecule has 1 atom stereocenters. The third-order valence-electron chi connectivity index (χ3n) is 12.5. The summed E-state index contributed by atoms with van der Waals surface area (Å²) < 4.78 is 16.8. The maximum absolute atomic E-state index is 12.8. The number of carbonyl (C=O) groups excluding carboxylic acids is 3. The van der Waals surface area contributed by atoms with Gasteiger partial charge in [0, 0.05) is 19.3 Å². The van der Waals surface area contributed by atoms with Gasteiger partial charge in [-0.15, -0.1) is 0 Å². The van der Waals surface area contributed by atoms with Crippen LogP contribution in [0, 0.1) is 0 Å². The monoisotopic (exact) mass is 949 g/mol. The Labute approximate surface area is 421 Å². The number of carbonyl (C=O) groups is 3. The van der Waals surface area contributed by atoms with E-state index in [0.29, 0.717) is 19.3 Å². The van der Waals surface area contributed by atoms with Crippen LogP contribution in [0.15, 0.2) is 72.9 Å². The van der Waals surface area contributed by atoms with Gasteiger partial charge in [-0.05, 0) is 70.6 Å². The van der Waals surface area contributed by atoms with Crippen LogP contribution in [0.1, 0.15) is 284 Å². The number of unbranched alkanes of at least 4 members (excludes halogenated alkanes) is 29. The van der Waals surface area contributed by atoms with E-state index in [9.17, 15) is 14.4 Å². The average Bonchev–Trinajstić information content (AvgIpc) is 3.34. The predicted octanol–water partition coefficient (Wildman–Crippen LogP) is 19.4. The van der Waals surface area contributed by atoms with Crippen LogP contribution < -0.4 is 0 Å². The van der Waals surface area contributed by atoms with Crippen LogP contribution in [0.5, 0.6) is 0 Å². The number of rotatable bonds is 52. The van der Waals surface area contributed by atoms with E-state index in [0.717, 1.165) is 109 Å². The van der Waals surface area contributed by atoms with Crippen LogP contribution in [0.3, 0.4) is 0 Å². The molecule has 392 valence electrons. The summed E-state index contributed by atoms with van der Waals surface area (Å²) in [7, 11) is 0. The molecule has 0 aromatic heterocycles. The zero-order chi connectivity index (χ0) is 49.3. The first-order valence-electron chi connectivity index (χ1n) is 28.9. The summed E-state index contributed by atoms with van der Waals surface area (Å²) >= 11 is 0. The first-order chi connectivity index (χ1) is 33.5. The summed E-state index contributed by atoms with van der Waals surface area (Å²) in [6.45, 7) is 6.50. The molecule has 0 aromatic carbocycles. The molecule has 6 heteroatoms. The number of ether oxygens (including phenoxy) is 3. The Balaban J connectivity index is 4.28. The highest BCUT2D eigenvalue weighted by Crippen LogP contribution is 2.16. The van der Waals surface area contributed by atoms with Crippen molar-refractivity contribution in [3.05, 3.63) is 72.9 Å². The van der Waals surface area contributed by atoms with Gasteiger partial charge in [0.15, 0.2) is 6.10 Å². The Bertz CT molecular complexity index is 1270. The molecular weight excluding hydrogens is 841 g/mol. The van der Waals surface area contributed by atoms with Gasteiger partial charge in [-0.2, -0.15) is 0 Å². The molecule has 0 fully saturated rings. The number of hydrogen-bond donors (Lipinski definition) is 0. The Hall–Kier alpha value is -3.15. The van der Waals surface area contributed by atoms with Crippen LogP contribution in [-0.4, -0.2) is 37.2 Å². The Morgan fingerprint density at radius 3 is 0.897 bits per heavy atom. The van der Waals surface area contributed by atoms with Crippen molar-refractivity contribution in [3.63, 3.8) is 0 Å². The quantitative estimate of drug-likeness (QED) is 0.0262. The third-order valence-corrected chi connectivity index (χ3v) is 12.5. The molecule has 0 saturated heterocycles. The van der Waals surface area contributed by atoms with Gasteiger partial charge in [0.05, 0.1) is 0 Å². The molecule has 0 rings (SSSR count). The minimum atomic E-state index is -0.782. The largest absolute Gasteiger partial charge is 0.462 e. The minimum absolute atomic E-state index is 0.0807. The molecule has 6 nitrogen and oxygen atoms in total. The van der Waals surface area contributed by atoms with E-state index < -0.39 is 6.10 Å². The molecular formula is C62H108O6. The second kappa shape index (κ2) is 56.4.